The van der Waals surface area contributed by atoms with Crippen molar-refractivity contribution < 1.29 is 4.74 Å². The van der Waals surface area contributed by atoms with Crippen LogP contribution in [0.1, 0.15) is 36.9 Å². The van der Waals surface area contributed by atoms with Crippen LogP contribution in [0.15, 0.2) is 24.3 Å². The summed E-state index contributed by atoms with van der Waals surface area (Å²) in [5.74, 6) is 0. The van der Waals surface area contributed by atoms with Crippen molar-refractivity contribution in [3.8, 4) is 0 Å². The maximum absolute atomic E-state index is 6.02. The third-order valence-electron chi connectivity index (χ3n) is 3.90. The molecule has 2 unspecified atom stereocenters. The minimum absolute atomic E-state index is 0.322. The number of likely N-dealkylation sites (tertiary alicyclic amines) is 1. The highest BCUT2D eigenvalue weighted by atomic mass is 16.5. The summed E-state index contributed by atoms with van der Waals surface area (Å²) in [7, 11) is 0. The highest BCUT2D eigenvalue weighted by Crippen LogP contribution is 2.25. The van der Waals surface area contributed by atoms with E-state index < -0.39 is 0 Å². The largest absolute Gasteiger partial charge is 0.377 e. The molecule has 0 aliphatic carbocycles. The summed E-state index contributed by atoms with van der Waals surface area (Å²) < 4.78 is 5.78. The zero-order chi connectivity index (χ0) is 13.7. The summed E-state index contributed by atoms with van der Waals surface area (Å²) in [6.07, 6.45) is 2.75. The number of ether oxygens (including phenoxy) is 1. The number of nitrogens with zero attached hydrogens (tertiary/aromatic N) is 1. The van der Waals surface area contributed by atoms with Crippen LogP contribution >= 0.6 is 0 Å². The summed E-state index contributed by atoms with van der Waals surface area (Å²) in [6.45, 7) is 7.80. The first-order valence-corrected chi connectivity index (χ1v) is 7.37. The van der Waals surface area contributed by atoms with E-state index in [2.05, 4.69) is 43.0 Å². The zero-order valence-corrected chi connectivity index (χ0v) is 12.1. The summed E-state index contributed by atoms with van der Waals surface area (Å²) in [5, 5.41) is 0. The van der Waals surface area contributed by atoms with Gasteiger partial charge in [-0.05, 0) is 38.8 Å². The van der Waals surface area contributed by atoms with Crippen molar-refractivity contribution in [3.63, 3.8) is 0 Å². The number of nitrogens with two attached hydrogens (primary N) is 1. The van der Waals surface area contributed by atoms with Crippen molar-refractivity contribution in [1.29, 1.82) is 0 Å². The Bertz CT molecular complexity index is 392. The molecule has 1 aromatic rings. The Morgan fingerprint density at radius 1 is 1.47 bits per heavy atom. The number of aryl methyl sites for hydroxylation is 1. The Balaban J connectivity index is 2.08. The number of hydrogen-bond acceptors (Lipinski definition) is 3. The quantitative estimate of drug-likeness (QED) is 0.886. The van der Waals surface area contributed by atoms with Gasteiger partial charge >= 0.3 is 0 Å². The van der Waals surface area contributed by atoms with Crippen LogP contribution in [0.4, 0.5) is 0 Å². The van der Waals surface area contributed by atoms with Crippen LogP contribution in [0.3, 0.4) is 0 Å². The second kappa shape index (κ2) is 7.04. The average molecular weight is 262 g/mol. The predicted octanol–water partition coefficient (Wildman–Crippen LogP) is 2.50. The normalized spacial score (nSPS) is 22.4. The lowest BCUT2D eigenvalue weighted by molar-refractivity contribution is -0.00660. The molecule has 1 aliphatic rings. The fourth-order valence-electron chi connectivity index (χ4n) is 2.99. The molecule has 1 heterocycles. The predicted molar refractivity (Wildman–Crippen MR) is 79.2 cm³/mol. The van der Waals surface area contributed by atoms with Gasteiger partial charge in [0.25, 0.3) is 0 Å². The fraction of sp³-hybridized carbons (Fsp3) is 0.625. The minimum atomic E-state index is 0.322. The van der Waals surface area contributed by atoms with Gasteiger partial charge in [0.2, 0.25) is 0 Å². The van der Waals surface area contributed by atoms with Gasteiger partial charge in [0.1, 0.15) is 0 Å². The molecule has 1 aromatic carbocycles. The summed E-state index contributed by atoms with van der Waals surface area (Å²) in [6, 6.07) is 9.02. The van der Waals surface area contributed by atoms with Crippen molar-refractivity contribution in [1.82, 2.24) is 4.90 Å². The zero-order valence-electron chi connectivity index (χ0n) is 12.1. The SMILES string of the molecule is CCOC1CCCN(C(CN)c2cccc(C)c2)C1. The van der Waals surface area contributed by atoms with E-state index in [0.717, 1.165) is 19.7 Å². The summed E-state index contributed by atoms with van der Waals surface area (Å²) >= 11 is 0. The minimum Gasteiger partial charge on any atom is -0.377 e. The second-order valence-corrected chi connectivity index (χ2v) is 5.38. The van der Waals surface area contributed by atoms with Crippen molar-refractivity contribution in [2.45, 2.75) is 38.8 Å². The van der Waals surface area contributed by atoms with E-state index in [1.165, 1.54) is 24.0 Å². The molecule has 19 heavy (non-hydrogen) atoms. The maximum atomic E-state index is 6.02. The lowest BCUT2D eigenvalue weighted by Crippen LogP contribution is -2.44. The molecule has 1 saturated heterocycles. The van der Waals surface area contributed by atoms with Crippen molar-refractivity contribution in [2.24, 2.45) is 5.73 Å². The van der Waals surface area contributed by atoms with Gasteiger partial charge in [-0.1, -0.05) is 29.8 Å². The Labute approximate surface area is 116 Å². The summed E-state index contributed by atoms with van der Waals surface area (Å²) in [5.41, 5.74) is 8.66. The molecule has 0 radical (unpaired) electrons. The standard InChI is InChI=1S/C16H26N2O/c1-3-19-15-8-5-9-18(12-15)16(11-17)14-7-4-6-13(2)10-14/h4,6-7,10,15-16H,3,5,8-9,11-12,17H2,1-2H3. The van der Waals surface area contributed by atoms with Gasteiger partial charge < -0.3 is 10.5 Å². The van der Waals surface area contributed by atoms with Gasteiger partial charge in [0, 0.05) is 25.7 Å². The first kappa shape index (κ1) is 14.5. The van der Waals surface area contributed by atoms with Crippen LogP contribution in [0.2, 0.25) is 0 Å². The van der Waals surface area contributed by atoms with Gasteiger partial charge in [-0.15, -0.1) is 0 Å². The van der Waals surface area contributed by atoms with Crippen LogP contribution in [0.25, 0.3) is 0 Å². The Morgan fingerprint density at radius 3 is 3.00 bits per heavy atom. The van der Waals surface area contributed by atoms with Gasteiger partial charge in [-0.2, -0.15) is 0 Å². The molecule has 0 amide bonds. The van der Waals surface area contributed by atoms with E-state index >= 15 is 0 Å². The highest BCUT2D eigenvalue weighted by molar-refractivity contribution is 5.25. The van der Waals surface area contributed by atoms with Crippen LogP contribution in [-0.2, 0) is 4.74 Å². The van der Waals surface area contributed by atoms with Gasteiger partial charge in [0.15, 0.2) is 0 Å². The van der Waals surface area contributed by atoms with E-state index in [-0.39, 0.29) is 0 Å². The first-order chi connectivity index (χ1) is 9.24. The molecule has 1 fully saturated rings. The lowest BCUT2D eigenvalue weighted by atomic mass is 9.99. The van der Waals surface area contributed by atoms with Crippen LogP contribution in [0, 0.1) is 6.92 Å². The molecule has 106 valence electrons. The van der Waals surface area contributed by atoms with E-state index in [0.29, 0.717) is 18.7 Å². The van der Waals surface area contributed by atoms with Crippen LogP contribution in [-0.4, -0.2) is 37.2 Å². The molecule has 2 atom stereocenters. The van der Waals surface area contributed by atoms with E-state index in [4.69, 9.17) is 10.5 Å². The lowest BCUT2D eigenvalue weighted by Gasteiger charge is -2.38. The Kier molecular flexibility index (Phi) is 5.37. The van der Waals surface area contributed by atoms with E-state index in [9.17, 15) is 0 Å². The molecule has 0 bridgehead atoms. The molecular formula is C16H26N2O. The average Bonchev–Trinajstić information content (AvgIpc) is 2.41. The van der Waals surface area contributed by atoms with Gasteiger partial charge in [-0.25, -0.2) is 0 Å². The highest BCUT2D eigenvalue weighted by Gasteiger charge is 2.26. The fourth-order valence-corrected chi connectivity index (χ4v) is 2.99. The number of rotatable bonds is 5. The van der Waals surface area contributed by atoms with Crippen LogP contribution < -0.4 is 5.73 Å². The molecule has 2 rings (SSSR count). The molecule has 0 saturated carbocycles. The molecule has 0 spiro atoms. The number of piperidine rings is 1. The molecule has 3 nitrogen and oxygen atoms in total. The third-order valence-corrected chi connectivity index (χ3v) is 3.90. The van der Waals surface area contributed by atoms with Gasteiger partial charge in [0.05, 0.1) is 6.10 Å². The van der Waals surface area contributed by atoms with E-state index in [1.807, 2.05) is 0 Å². The third kappa shape index (κ3) is 3.78. The van der Waals surface area contributed by atoms with Crippen molar-refractivity contribution >= 4 is 0 Å². The molecule has 1 aliphatic heterocycles. The Hall–Kier alpha value is -0.900. The van der Waals surface area contributed by atoms with E-state index in [1.54, 1.807) is 0 Å². The van der Waals surface area contributed by atoms with Crippen molar-refractivity contribution in [2.75, 3.05) is 26.2 Å². The molecule has 3 heteroatoms. The number of benzene rings is 1. The molecular weight excluding hydrogens is 236 g/mol. The summed E-state index contributed by atoms with van der Waals surface area (Å²) in [4.78, 5) is 2.48. The second-order valence-electron chi connectivity index (χ2n) is 5.38. The smallest absolute Gasteiger partial charge is 0.0702 e. The van der Waals surface area contributed by atoms with Gasteiger partial charge in [-0.3, -0.25) is 4.90 Å². The monoisotopic (exact) mass is 262 g/mol. The van der Waals surface area contributed by atoms with Crippen LogP contribution in [0.5, 0.6) is 0 Å². The first-order valence-electron chi connectivity index (χ1n) is 7.37. The maximum Gasteiger partial charge on any atom is 0.0702 e. The molecule has 2 N–H and O–H groups in total. The number of hydrogen-bond donors (Lipinski definition) is 1. The van der Waals surface area contributed by atoms with Crippen molar-refractivity contribution in [3.05, 3.63) is 35.4 Å². The topological polar surface area (TPSA) is 38.5 Å². The Morgan fingerprint density at radius 2 is 2.32 bits per heavy atom. The molecule has 0 aromatic heterocycles.